The number of ether oxygens (including phenoxy) is 1. The van der Waals surface area contributed by atoms with Crippen molar-refractivity contribution in [1.82, 2.24) is 10.2 Å². The van der Waals surface area contributed by atoms with E-state index in [-0.39, 0.29) is 29.7 Å². The van der Waals surface area contributed by atoms with Gasteiger partial charge in [-0.15, -0.1) is 0 Å². The van der Waals surface area contributed by atoms with Crippen LogP contribution in [0.3, 0.4) is 0 Å². The van der Waals surface area contributed by atoms with Gasteiger partial charge >= 0.3 is 5.97 Å². The zero-order valence-corrected chi connectivity index (χ0v) is 15.5. The number of benzene rings is 1. The van der Waals surface area contributed by atoms with Crippen molar-refractivity contribution in [2.45, 2.75) is 44.8 Å². The first-order chi connectivity index (χ1) is 12.4. The zero-order chi connectivity index (χ0) is 18.7. The van der Waals surface area contributed by atoms with Gasteiger partial charge in [-0.3, -0.25) is 14.4 Å². The Bertz CT molecular complexity index is 679. The highest BCUT2D eigenvalue weighted by atomic mass is 35.5. The minimum atomic E-state index is -0.781. The first-order valence-electron chi connectivity index (χ1n) is 8.99. The fourth-order valence-corrected chi connectivity index (χ4v) is 3.09. The second kappa shape index (κ2) is 8.08. The minimum absolute atomic E-state index is 0.0642. The van der Waals surface area contributed by atoms with Gasteiger partial charge < -0.3 is 15.0 Å². The van der Waals surface area contributed by atoms with E-state index in [4.69, 9.17) is 16.3 Å². The van der Waals surface area contributed by atoms with Crippen LogP contribution in [0.5, 0.6) is 0 Å². The Balaban J connectivity index is 1.46. The first kappa shape index (κ1) is 18.7. The molecular formula is C19H23ClN2O4. The number of carbonyl (C=O) groups excluding carboxylic acids is 3. The first-order valence-corrected chi connectivity index (χ1v) is 9.37. The number of rotatable bonds is 5. The molecule has 1 N–H and O–H groups in total. The highest BCUT2D eigenvalue weighted by Crippen LogP contribution is 2.22. The molecule has 6 nitrogen and oxygen atoms in total. The number of piperidine rings is 1. The lowest BCUT2D eigenvalue weighted by molar-refractivity contribution is -0.160. The van der Waals surface area contributed by atoms with Crippen molar-refractivity contribution >= 4 is 29.4 Å². The summed E-state index contributed by atoms with van der Waals surface area (Å²) in [5, 5.41) is 3.41. The van der Waals surface area contributed by atoms with E-state index in [1.807, 2.05) is 0 Å². The monoisotopic (exact) mass is 378 g/mol. The minimum Gasteiger partial charge on any atom is -0.452 e. The summed E-state index contributed by atoms with van der Waals surface area (Å²) in [5.41, 5.74) is 0.584. The lowest BCUT2D eigenvalue weighted by Crippen LogP contribution is -2.42. The Morgan fingerprint density at radius 2 is 1.73 bits per heavy atom. The average Bonchev–Trinajstić information content (AvgIpc) is 3.45. The molecule has 1 aromatic carbocycles. The summed E-state index contributed by atoms with van der Waals surface area (Å²) in [4.78, 5) is 38.4. The summed E-state index contributed by atoms with van der Waals surface area (Å²) in [6.45, 7) is 2.57. The molecule has 0 unspecified atom stereocenters. The molecule has 140 valence electrons. The molecule has 26 heavy (non-hydrogen) atoms. The summed E-state index contributed by atoms with van der Waals surface area (Å²) in [6.07, 6.45) is 2.28. The van der Waals surface area contributed by atoms with Crippen LogP contribution >= 0.6 is 11.6 Å². The lowest BCUT2D eigenvalue weighted by Gasteiger charge is -2.31. The van der Waals surface area contributed by atoms with Crippen molar-refractivity contribution in [3.05, 3.63) is 34.9 Å². The van der Waals surface area contributed by atoms with Crippen LogP contribution in [0.1, 0.15) is 43.0 Å². The van der Waals surface area contributed by atoms with E-state index in [1.54, 1.807) is 36.1 Å². The highest BCUT2D eigenvalue weighted by molar-refractivity contribution is 6.30. The van der Waals surface area contributed by atoms with E-state index >= 15 is 0 Å². The quantitative estimate of drug-likeness (QED) is 0.798. The fourth-order valence-electron chi connectivity index (χ4n) is 2.96. The molecule has 2 fully saturated rings. The number of nitrogens with zero attached hydrogens (tertiary/aromatic N) is 1. The van der Waals surface area contributed by atoms with Crippen LogP contribution in [0.15, 0.2) is 24.3 Å². The summed E-state index contributed by atoms with van der Waals surface area (Å²) in [6, 6.07) is 7.02. The van der Waals surface area contributed by atoms with Crippen molar-refractivity contribution in [2.24, 2.45) is 5.92 Å². The molecule has 1 aromatic rings. The van der Waals surface area contributed by atoms with Gasteiger partial charge in [-0.05, 0) is 56.9 Å². The standard InChI is InChI=1S/C19H23ClN2O4/c1-12(17(23)21-16-6-7-16)26-19(25)14-8-10-22(11-9-14)18(24)13-2-4-15(20)5-3-13/h2-5,12,14,16H,6-11H2,1H3,(H,21,23)/t12-/m0/s1. The molecule has 0 radical (unpaired) electrons. The molecule has 1 saturated carbocycles. The number of hydrogen-bond acceptors (Lipinski definition) is 4. The third-order valence-electron chi connectivity index (χ3n) is 4.79. The Labute approximate surface area is 157 Å². The summed E-state index contributed by atoms with van der Waals surface area (Å²) >= 11 is 5.85. The molecule has 1 aliphatic heterocycles. The maximum atomic E-state index is 12.5. The molecule has 1 saturated heterocycles. The van der Waals surface area contributed by atoms with Crippen molar-refractivity contribution in [2.75, 3.05) is 13.1 Å². The Morgan fingerprint density at radius 1 is 1.12 bits per heavy atom. The Kier molecular flexibility index (Phi) is 5.81. The van der Waals surface area contributed by atoms with Gasteiger partial charge in [0, 0.05) is 29.7 Å². The second-order valence-electron chi connectivity index (χ2n) is 6.94. The van der Waals surface area contributed by atoms with Crippen LogP contribution < -0.4 is 5.32 Å². The molecule has 3 rings (SSSR count). The molecule has 2 amide bonds. The lowest BCUT2D eigenvalue weighted by atomic mass is 9.96. The van der Waals surface area contributed by atoms with Gasteiger partial charge in [0.05, 0.1) is 5.92 Å². The molecule has 1 heterocycles. The van der Waals surface area contributed by atoms with Gasteiger partial charge in [-0.25, -0.2) is 0 Å². The Morgan fingerprint density at radius 3 is 2.31 bits per heavy atom. The predicted octanol–water partition coefficient (Wildman–Crippen LogP) is 2.40. The van der Waals surface area contributed by atoms with Crippen molar-refractivity contribution in [1.29, 1.82) is 0 Å². The Hall–Kier alpha value is -2.08. The molecule has 0 bridgehead atoms. The molecule has 2 aliphatic rings. The molecule has 1 atom stereocenters. The van der Waals surface area contributed by atoms with Crippen LogP contribution in [0.2, 0.25) is 5.02 Å². The second-order valence-corrected chi connectivity index (χ2v) is 7.37. The number of nitrogens with one attached hydrogen (secondary N) is 1. The maximum Gasteiger partial charge on any atom is 0.309 e. The van der Waals surface area contributed by atoms with Crippen LogP contribution in [-0.2, 0) is 14.3 Å². The van der Waals surface area contributed by atoms with Crippen molar-refractivity contribution < 1.29 is 19.1 Å². The zero-order valence-electron chi connectivity index (χ0n) is 14.7. The van der Waals surface area contributed by atoms with Crippen molar-refractivity contribution in [3.8, 4) is 0 Å². The van der Waals surface area contributed by atoms with E-state index in [2.05, 4.69) is 5.32 Å². The van der Waals surface area contributed by atoms with Crippen LogP contribution in [0.4, 0.5) is 0 Å². The van der Waals surface area contributed by atoms with E-state index in [0.717, 1.165) is 12.8 Å². The highest BCUT2D eigenvalue weighted by Gasteiger charge is 2.32. The smallest absolute Gasteiger partial charge is 0.309 e. The third-order valence-corrected chi connectivity index (χ3v) is 5.04. The summed E-state index contributed by atoms with van der Waals surface area (Å²) < 4.78 is 5.30. The normalized spacial score (nSPS) is 18.9. The van der Waals surface area contributed by atoms with E-state index in [1.165, 1.54) is 0 Å². The fraction of sp³-hybridized carbons (Fsp3) is 0.526. The van der Waals surface area contributed by atoms with Crippen LogP contribution in [-0.4, -0.2) is 47.9 Å². The summed E-state index contributed by atoms with van der Waals surface area (Å²) in [7, 11) is 0. The maximum absolute atomic E-state index is 12.5. The number of esters is 1. The largest absolute Gasteiger partial charge is 0.452 e. The van der Waals surface area contributed by atoms with Gasteiger partial charge in [0.1, 0.15) is 0 Å². The van der Waals surface area contributed by atoms with E-state index < -0.39 is 6.10 Å². The van der Waals surface area contributed by atoms with Gasteiger partial charge in [0.2, 0.25) is 0 Å². The van der Waals surface area contributed by atoms with Gasteiger partial charge in [-0.1, -0.05) is 11.6 Å². The number of carbonyl (C=O) groups is 3. The topological polar surface area (TPSA) is 75.7 Å². The van der Waals surface area contributed by atoms with E-state index in [9.17, 15) is 14.4 Å². The molecule has 1 aliphatic carbocycles. The average molecular weight is 379 g/mol. The van der Waals surface area contributed by atoms with Gasteiger partial charge in [-0.2, -0.15) is 0 Å². The molecular weight excluding hydrogens is 356 g/mol. The van der Waals surface area contributed by atoms with Crippen molar-refractivity contribution in [3.63, 3.8) is 0 Å². The third kappa shape index (κ3) is 4.75. The molecule has 7 heteroatoms. The predicted molar refractivity (Wildman–Crippen MR) is 96.8 cm³/mol. The molecule has 0 spiro atoms. The van der Waals surface area contributed by atoms with Gasteiger partial charge in [0.25, 0.3) is 11.8 Å². The number of likely N-dealkylation sites (tertiary alicyclic amines) is 1. The van der Waals surface area contributed by atoms with Gasteiger partial charge in [0.15, 0.2) is 6.10 Å². The van der Waals surface area contributed by atoms with E-state index in [0.29, 0.717) is 36.5 Å². The number of hydrogen-bond donors (Lipinski definition) is 1. The number of amides is 2. The SMILES string of the molecule is C[C@H](OC(=O)C1CCN(C(=O)c2ccc(Cl)cc2)CC1)C(=O)NC1CC1. The summed E-state index contributed by atoms with van der Waals surface area (Å²) in [5.74, 6) is -0.940. The molecule has 0 aromatic heterocycles. The number of halogens is 1. The van der Waals surface area contributed by atoms with Crippen LogP contribution in [0.25, 0.3) is 0 Å². The van der Waals surface area contributed by atoms with Crippen LogP contribution in [0, 0.1) is 5.92 Å².